The average molecular weight is 632 g/mol. The summed E-state index contributed by atoms with van der Waals surface area (Å²) < 4.78 is 0. The molecule has 5 heteroatoms. The van der Waals surface area contributed by atoms with E-state index in [1.54, 1.807) is 0 Å². The van der Waals surface area contributed by atoms with Crippen LogP contribution >= 0.6 is 0 Å². The number of halogens is 3. The molecule has 0 amide bonds. The van der Waals surface area contributed by atoms with Crippen LogP contribution in [0.3, 0.4) is 0 Å². The Balaban J connectivity index is 0.00000361. The largest absolute Gasteiger partial charge is 4.00 e. The van der Waals surface area contributed by atoms with Crippen molar-refractivity contribution in [3.8, 4) is 0 Å². The van der Waals surface area contributed by atoms with E-state index in [9.17, 15) is 0 Å². The second kappa shape index (κ2) is 15.8. The summed E-state index contributed by atoms with van der Waals surface area (Å²) in [5.74, 6) is 1.81. The number of hydrogen-bond acceptors (Lipinski definition) is 0. The maximum atomic E-state index is 3.75. The van der Waals surface area contributed by atoms with Crippen LogP contribution in [-0.4, -0.2) is 8.07 Å². The van der Waals surface area contributed by atoms with E-state index in [1.807, 2.05) is 0 Å². The molecular weight excluding hydrogens is 591 g/mol. The van der Waals surface area contributed by atoms with E-state index in [2.05, 4.69) is 140 Å². The minimum absolute atomic E-state index is 0. The number of allylic oxidation sites excluding steroid dienone is 4. The molecule has 206 valence electrons. The molecule has 0 nitrogen and oxygen atoms in total. The number of rotatable bonds is 7. The quantitative estimate of drug-likeness (QED) is 0.168. The minimum atomic E-state index is -2.57. The molecule has 4 rings (SSSR count). The first-order chi connectivity index (χ1) is 16.6. The zero-order valence-corrected chi connectivity index (χ0v) is 29.3. The van der Waals surface area contributed by atoms with E-state index in [4.69, 9.17) is 0 Å². The topological polar surface area (TPSA) is 0 Å². The van der Waals surface area contributed by atoms with Crippen molar-refractivity contribution in [3.63, 3.8) is 0 Å². The molecule has 0 spiro atoms. The minimum Gasteiger partial charge on any atom is -1.00 e. The second-order valence-electron chi connectivity index (χ2n) is 11.2. The molecule has 0 saturated carbocycles. The molecule has 0 radical (unpaired) electrons. The van der Waals surface area contributed by atoms with Crippen LogP contribution in [0.2, 0.25) is 0 Å². The molecule has 0 fully saturated rings. The Labute approximate surface area is 272 Å². The molecule has 39 heavy (non-hydrogen) atoms. The zero-order chi connectivity index (χ0) is 25.3. The molecule has 1 unspecified atom stereocenters. The molecule has 1 atom stereocenters. The van der Waals surface area contributed by atoms with Crippen molar-refractivity contribution in [1.82, 2.24) is 0 Å². The summed E-state index contributed by atoms with van der Waals surface area (Å²) >= 11 is 0. The van der Waals surface area contributed by atoms with E-state index in [0.29, 0.717) is 23.7 Å². The third kappa shape index (κ3) is 7.62. The van der Waals surface area contributed by atoms with Crippen molar-refractivity contribution in [3.05, 3.63) is 112 Å². The fourth-order valence-corrected chi connectivity index (χ4v) is 10.9. The van der Waals surface area contributed by atoms with E-state index in [-0.39, 0.29) is 58.9 Å². The van der Waals surface area contributed by atoms with Crippen molar-refractivity contribution in [1.29, 1.82) is 0 Å². The first kappa shape index (κ1) is 37.9. The van der Waals surface area contributed by atoms with Crippen LogP contribution in [0.1, 0.15) is 89.8 Å². The van der Waals surface area contributed by atoms with Crippen LogP contribution in [0.5, 0.6) is 0 Å². The fraction of sp³-hybridized carbons (Fsp3) is 0.353. The summed E-state index contributed by atoms with van der Waals surface area (Å²) in [4.78, 5) is 0. The Kier molecular flexibility index (Phi) is 15.4. The standard InChI is InChI=1S/C34H41Si.3ClH.Ti/c1-23(2)28-12-9-15-31(20-28)35(34-19-26(7)18-27(34)8,32-16-10-13-29(21-32)24(3)4)33-17-11-14-30(22-33)25(5)6;;;;/h9-17,19-26H,1-8H3;3*1H;/q-1;;;;+4/p-3. The van der Waals surface area contributed by atoms with Crippen LogP contribution < -0.4 is 52.8 Å². The maximum Gasteiger partial charge on any atom is 4.00 e. The van der Waals surface area contributed by atoms with Crippen molar-refractivity contribution in [2.24, 2.45) is 5.92 Å². The Bertz CT molecular complexity index is 1150. The SMILES string of the molecule is CC1=[C-]C(C)C=C1[Si](c1cccc(C(C)C)c1)(c1cccc(C(C)C)c1)c1cccc(C(C)C)c1.[Cl-].[Cl-].[Cl-].[Ti+4]. The summed E-state index contributed by atoms with van der Waals surface area (Å²) in [5.41, 5.74) is 5.56. The fourth-order valence-electron chi connectivity index (χ4n) is 5.60. The van der Waals surface area contributed by atoms with Crippen molar-refractivity contribution < 1.29 is 58.9 Å². The van der Waals surface area contributed by atoms with Gasteiger partial charge in [0, 0.05) is 0 Å². The van der Waals surface area contributed by atoms with Crippen LogP contribution in [-0.2, 0) is 21.7 Å². The van der Waals surface area contributed by atoms with Crippen LogP contribution in [0.15, 0.2) is 89.6 Å². The molecule has 3 aromatic rings. The van der Waals surface area contributed by atoms with Crippen LogP contribution in [0, 0.1) is 12.0 Å². The van der Waals surface area contributed by atoms with Crippen LogP contribution in [0.25, 0.3) is 0 Å². The molecule has 0 aliphatic heterocycles. The Morgan fingerprint density at radius 1 is 0.615 bits per heavy atom. The Morgan fingerprint density at radius 2 is 0.949 bits per heavy atom. The van der Waals surface area contributed by atoms with E-state index in [1.165, 1.54) is 43.0 Å². The van der Waals surface area contributed by atoms with Gasteiger partial charge in [-0.15, -0.1) is 0 Å². The Hall–Kier alpha value is -1.06. The summed E-state index contributed by atoms with van der Waals surface area (Å²) in [6.07, 6.45) is 6.26. The second-order valence-corrected chi connectivity index (χ2v) is 15.0. The van der Waals surface area contributed by atoms with Gasteiger partial charge in [0.15, 0.2) is 0 Å². The smallest absolute Gasteiger partial charge is 1.00 e. The van der Waals surface area contributed by atoms with Gasteiger partial charge in [-0.3, -0.25) is 6.08 Å². The molecule has 0 heterocycles. The van der Waals surface area contributed by atoms with E-state index in [0.717, 1.165) is 0 Å². The van der Waals surface area contributed by atoms with Gasteiger partial charge in [-0.25, -0.2) is 5.57 Å². The molecule has 1 aliphatic rings. The average Bonchev–Trinajstić information content (AvgIpc) is 3.18. The van der Waals surface area contributed by atoms with Gasteiger partial charge in [0.1, 0.15) is 0 Å². The molecule has 3 aromatic carbocycles. The third-order valence-electron chi connectivity index (χ3n) is 7.63. The van der Waals surface area contributed by atoms with Gasteiger partial charge in [-0.2, -0.15) is 11.3 Å². The summed E-state index contributed by atoms with van der Waals surface area (Å²) in [6.45, 7) is 18.4. The van der Waals surface area contributed by atoms with Crippen molar-refractivity contribution in [2.75, 3.05) is 0 Å². The van der Waals surface area contributed by atoms with Gasteiger partial charge >= 0.3 is 21.7 Å². The van der Waals surface area contributed by atoms with E-state index >= 15 is 0 Å². The molecule has 0 bridgehead atoms. The molecule has 0 N–H and O–H groups in total. The van der Waals surface area contributed by atoms with Gasteiger partial charge in [-0.05, 0) is 34.4 Å². The number of benzene rings is 3. The van der Waals surface area contributed by atoms with Crippen molar-refractivity contribution in [2.45, 2.75) is 73.1 Å². The first-order valence-electron chi connectivity index (χ1n) is 13.3. The zero-order valence-electron chi connectivity index (χ0n) is 24.4. The normalized spacial score (nSPS) is 14.6. The summed E-state index contributed by atoms with van der Waals surface area (Å²) in [5, 5.41) is 5.94. The Morgan fingerprint density at radius 3 is 1.21 bits per heavy atom. The van der Waals surface area contributed by atoms with Gasteiger partial charge in [0.05, 0.1) is 8.07 Å². The third-order valence-corrected chi connectivity index (χ3v) is 12.5. The van der Waals surface area contributed by atoms with Crippen LogP contribution in [0.4, 0.5) is 0 Å². The monoisotopic (exact) mass is 630 g/mol. The molecular formula is C34H41Cl3SiTi. The molecule has 0 aromatic heterocycles. The first-order valence-corrected chi connectivity index (χ1v) is 15.3. The van der Waals surface area contributed by atoms with Gasteiger partial charge < -0.3 is 37.2 Å². The number of hydrogen-bond donors (Lipinski definition) is 0. The molecule has 0 saturated heterocycles. The predicted octanol–water partition coefficient (Wildman–Crippen LogP) is -1.60. The van der Waals surface area contributed by atoms with Gasteiger partial charge in [0.2, 0.25) is 0 Å². The van der Waals surface area contributed by atoms with E-state index < -0.39 is 8.07 Å². The molecule has 1 aliphatic carbocycles. The van der Waals surface area contributed by atoms with Crippen molar-refractivity contribution >= 4 is 23.6 Å². The summed E-state index contributed by atoms with van der Waals surface area (Å²) in [6, 6.07) is 28.5. The summed E-state index contributed by atoms with van der Waals surface area (Å²) in [7, 11) is -2.57. The van der Waals surface area contributed by atoms with Gasteiger partial charge in [0.25, 0.3) is 0 Å². The predicted molar refractivity (Wildman–Crippen MR) is 156 cm³/mol. The van der Waals surface area contributed by atoms with Gasteiger partial charge in [-0.1, -0.05) is 150 Å². The maximum absolute atomic E-state index is 3.75.